The molecule has 1 aliphatic heterocycles. The van der Waals surface area contributed by atoms with Gasteiger partial charge in [-0.25, -0.2) is 4.79 Å². The maximum absolute atomic E-state index is 12.0. The molecule has 1 aliphatic rings. The molecule has 0 radical (unpaired) electrons. The van der Waals surface area contributed by atoms with Gasteiger partial charge in [-0.3, -0.25) is 0 Å². The minimum atomic E-state index is -1.91. The van der Waals surface area contributed by atoms with Crippen molar-refractivity contribution in [2.75, 3.05) is 39.8 Å². The Kier molecular flexibility index (Phi) is 6.55. The van der Waals surface area contributed by atoms with Gasteiger partial charge in [0, 0.05) is 30.5 Å². The zero-order valence-electron chi connectivity index (χ0n) is 14.5. The molecule has 6 nitrogen and oxygen atoms in total. The quantitative estimate of drug-likeness (QED) is 0.793. The van der Waals surface area contributed by atoms with Crippen LogP contribution < -0.4 is 14.8 Å². The first kappa shape index (κ1) is 18.7. The van der Waals surface area contributed by atoms with Crippen LogP contribution in [-0.2, 0) is 15.9 Å². The second-order valence-corrected chi connectivity index (χ2v) is 9.81. The normalized spacial score (nSPS) is 23.4. The van der Waals surface area contributed by atoms with E-state index in [0.29, 0.717) is 24.0 Å². The molecule has 1 aromatic carbocycles. The van der Waals surface area contributed by atoms with Crippen LogP contribution in [0.3, 0.4) is 0 Å². The minimum Gasteiger partial charge on any atom is -0.497 e. The monoisotopic (exact) mass is 355 g/mol. The highest BCUT2D eigenvalue weighted by Crippen LogP contribution is 2.47. The Balaban J connectivity index is 1.76. The summed E-state index contributed by atoms with van der Waals surface area (Å²) in [6.07, 6.45) is 2.91. The fraction of sp³-hybridized carbons (Fsp3) is 0.588. The van der Waals surface area contributed by atoms with Crippen molar-refractivity contribution in [1.82, 2.24) is 5.32 Å². The molecule has 0 aromatic heterocycles. The maximum atomic E-state index is 12.0. The predicted octanol–water partition coefficient (Wildman–Crippen LogP) is 3.33. The van der Waals surface area contributed by atoms with Crippen LogP contribution in [0, 0.1) is 5.92 Å². The number of nitrogens with one attached hydrogen (secondary N) is 1. The highest BCUT2D eigenvalue weighted by molar-refractivity contribution is 7.63. The third-order valence-corrected chi connectivity index (χ3v) is 6.82. The molecule has 24 heavy (non-hydrogen) atoms. The molecule has 0 saturated carbocycles. The van der Waals surface area contributed by atoms with Crippen LogP contribution in [0.2, 0.25) is 0 Å². The molecule has 134 valence electrons. The molecule has 1 fully saturated rings. The zero-order chi connectivity index (χ0) is 17.6. The molecule has 2 rings (SSSR count). The molecule has 0 spiro atoms. The molecule has 1 heterocycles. The number of amides is 1. The lowest BCUT2D eigenvalue weighted by Gasteiger charge is -2.26. The van der Waals surface area contributed by atoms with Crippen molar-refractivity contribution in [1.29, 1.82) is 0 Å². The average molecular weight is 355 g/mol. The molecule has 1 N–H and O–H groups in total. The van der Waals surface area contributed by atoms with Crippen molar-refractivity contribution < 1.29 is 23.6 Å². The maximum Gasteiger partial charge on any atom is 0.407 e. The van der Waals surface area contributed by atoms with Gasteiger partial charge in [0.2, 0.25) is 0 Å². The highest BCUT2D eigenvalue weighted by atomic mass is 31.2. The number of carbonyl (C=O) groups is 1. The van der Waals surface area contributed by atoms with Gasteiger partial charge in [-0.2, -0.15) is 0 Å². The number of methoxy groups -OCH3 is 2. The lowest BCUT2D eigenvalue weighted by atomic mass is 10.0. The first-order valence-electron chi connectivity index (χ1n) is 8.10. The van der Waals surface area contributed by atoms with Crippen molar-refractivity contribution in [2.45, 2.75) is 19.4 Å². The summed E-state index contributed by atoms with van der Waals surface area (Å²) in [7, 11) is 1.24. The molecular weight excluding hydrogens is 329 g/mol. The van der Waals surface area contributed by atoms with Gasteiger partial charge in [-0.15, -0.1) is 0 Å². The van der Waals surface area contributed by atoms with Crippen LogP contribution in [0.4, 0.5) is 4.79 Å². The molecule has 1 saturated heterocycles. The Morgan fingerprint density at radius 3 is 2.58 bits per heavy atom. The number of benzene rings is 1. The van der Waals surface area contributed by atoms with E-state index in [1.807, 2.05) is 12.7 Å². The van der Waals surface area contributed by atoms with Crippen molar-refractivity contribution >= 4 is 13.2 Å². The van der Waals surface area contributed by atoms with E-state index in [4.69, 9.17) is 14.2 Å². The minimum absolute atomic E-state index is 0.133. The summed E-state index contributed by atoms with van der Waals surface area (Å²) in [4.78, 5) is 11.9. The first-order valence-corrected chi connectivity index (χ1v) is 10.6. The lowest BCUT2D eigenvalue weighted by molar-refractivity contribution is 0.136. The summed E-state index contributed by atoms with van der Waals surface area (Å²) in [5.74, 6) is 1.69. The van der Waals surface area contributed by atoms with E-state index in [2.05, 4.69) is 5.32 Å². The molecule has 1 amide bonds. The van der Waals surface area contributed by atoms with Crippen molar-refractivity contribution in [3.05, 3.63) is 23.8 Å². The van der Waals surface area contributed by atoms with E-state index < -0.39 is 13.2 Å². The number of ether oxygens (including phenoxy) is 3. The Hall–Kier alpha value is -1.68. The van der Waals surface area contributed by atoms with E-state index >= 15 is 0 Å². The lowest BCUT2D eigenvalue weighted by Crippen LogP contribution is -2.32. The van der Waals surface area contributed by atoms with E-state index in [1.165, 1.54) is 0 Å². The molecule has 0 aliphatic carbocycles. The summed E-state index contributed by atoms with van der Waals surface area (Å²) >= 11 is 0. The Morgan fingerprint density at radius 2 is 1.96 bits per heavy atom. The Labute approximate surface area is 143 Å². The fourth-order valence-electron chi connectivity index (χ4n) is 2.76. The summed E-state index contributed by atoms with van der Waals surface area (Å²) < 4.78 is 27.6. The molecule has 0 unspecified atom stereocenters. The van der Waals surface area contributed by atoms with Crippen molar-refractivity contribution in [3.63, 3.8) is 0 Å². The largest absolute Gasteiger partial charge is 0.497 e. The van der Waals surface area contributed by atoms with Crippen LogP contribution in [0.1, 0.15) is 18.4 Å². The molecule has 0 bridgehead atoms. The van der Waals surface area contributed by atoms with Crippen molar-refractivity contribution in [3.8, 4) is 11.5 Å². The number of alkyl carbamates (subject to hydrolysis) is 1. The topological polar surface area (TPSA) is 73.9 Å². The first-order chi connectivity index (χ1) is 11.4. The standard InChI is InChI=1S/C17H26NO5P/c1-21-15-5-4-14(16(10-15)22-2)12-23-17(19)18-11-13-6-8-24(3,20)9-7-13/h4-5,10,13H,6-9,11-12H2,1-3H3,(H,18,19). The number of hydrogen-bond acceptors (Lipinski definition) is 5. The Morgan fingerprint density at radius 1 is 1.25 bits per heavy atom. The van der Waals surface area contributed by atoms with Crippen LogP contribution in [0.25, 0.3) is 0 Å². The van der Waals surface area contributed by atoms with Crippen LogP contribution in [0.15, 0.2) is 18.2 Å². The van der Waals surface area contributed by atoms with Gasteiger partial charge in [-0.1, -0.05) is 0 Å². The summed E-state index contributed by atoms with van der Waals surface area (Å²) in [5.41, 5.74) is 0.776. The SMILES string of the molecule is COc1ccc(COC(=O)NCC2CCP(C)(=O)CC2)c(OC)c1. The van der Waals surface area contributed by atoms with Gasteiger partial charge in [0.05, 0.1) is 21.4 Å². The number of carbonyl (C=O) groups excluding carboxylic acids is 1. The van der Waals surface area contributed by atoms with Crippen LogP contribution in [-0.4, -0.2) is 45.8 Å². The smallest absolute Gasteiger partial charge is 0.407 e. The molecule has 7 heteroatoms. The second-order valence-electron chi connectivity index (χ2n) is 6.32. The zero-order valence-corrected chi connectivity index (χ0v) is 15.4. The molecule has 0 atom stereocenters. The van der Waals surface area contributed by atoms with E-state index in [9.17, 15) is 9.36 Å². The van der Waals surface area contributed by atoms with Gasteiger partial charge in [0.1, 0.15) is 18.1 Å². The van der Waals surface area contributed by atoms with E-state index in [1.54, 1.807) is 26.4 Å². The van der Waals surface area contributed by atoms with Gasteiger partial charge < -0.3 is 24.1 Å². The second kappa shape index (κ2) is 8.43. The predicted molar refractivity (Wildman–Crippen MR) is 93.7 cm³/mol. The van der Waals surface area contributed by atoms with E-state index in [-0.39, 0.29) is 6.61 Å². The van der Waals surface area contributed by atoms with Crippen LogP contribution >= 0.6 is 7.14 Å². The third kappa shape index (κ3) is 5.45. The van der Waals surface area contributed by atoms with Crippen molar-refractivity contribution in [2.24, 2.45) is 5.92 Å². The Bertz CT molecular complexity index is 607. The summed E-state index contributed by atoms with van der Waals surface area (Å²) in [5, 5.41) is 2.79. The van der Waals surface area contributed by atoms with Gasteiger partial charge >= 0.3 is 6.09 Å². The molecule has 1 aromatic rings. The average Bonchev–Trinajstić information content (AvgIpc) is 2.58. The van der Waals surface area contributed by atoms with Crippen LogP contribution in [0.5, 0.6) is 11.5 Å². The van der Waals surface area contributed by atoms with Gasteiger partial charge in [-0.05, 0) is 37.6 Å². The fourth-order valence-corrected chi connectivity index (χ4v) is 4.81. The molecular formula is C17H26NO5P. The third-order valence-electron chi connectivity index (χ3n) is 4.41. The van der Waals surface area contributed by atoms with Gasteiger partial charge in [0.25, 0.3) is 0 Å². The van der Waals surface area contributed by atoms with E-state index in [0.717, 1.165) is 30.7 Å². The highest BCUT2D eigenvalue weighted by Gasteiger charge is 2.25. The van der Waals surface area contributed by atoms with Gasteiger partial charge in [0.15, 0.2) is 0 Å². The summed E-state index contributed by atoms with van der Waals surface area (Å²) in [6, 6.07) is 5.36. The number of rotatable bonds is 6. The number of hydrogen-bond donors (Lipinski definition) is 1. The summed E-state index contributed by atoms with van der Waals surface area (Å²) in [6.45, 7) is 2.57.